The Morgan fingerprint density at radius 3 is 2.00 bits per heavy atom. The molecular weight excluding hydrogens is 373 g/mol. The van der Waals surface area contributed by atoms with Crippen molar-refractivity contribution in [1.82, 2.24) is 0 Å². The van der Waals surface area contributed by atoms with Crippen molar-refractivity contribution in [1.29, 1.82) is 0 Å². The minimum Gasteiger partial charge on any atom is -0.467 e. The molecule has 10 heteroatoms. The third-order valence-corrected chi connectivity index (χ3v) is 4.90. The van der Waals surface area contributed by atoms with Gasteiger partial charge in [-0.15, -0.1) is 0 Å². The molecule has 0 aromatic carbocycles. The first-order valence-electron chi connectivity index (χ1n) is 7.70. The molecule has 1 heterocycles. The summed E-state index contributed by atoms with van der Waals surface area (Å²) in [6.07, 6.45) is -5.64. The number of rotatable bonds is 7. The van der Waals surface area contributed by atoms with Gasteiger partial charge in [0.2, 0.25) is 0 Å². The Labute approximate surface area is 147 Å². The van der Waals surface area contributed by atoms with E-state index in [0.717, 1.165) is 7.11 Å². The molecule has 0 aliphatic heterocycles. The highest BCUT2D eigenvalue weighted by Crippen LogP contribution is 2.48. The van der Waals surface area contributed by atoms with Crippen molar-refractivity contribution in [2.24, 2.45) is 0 Å². The lowest BCUT2D eigenvalue weighted by atomic mass is 9.94. The summed E-state index contributed by atoms with van der Waals surface area (Å²) in [5, 5.41) is 0. The maximum Gasteiger partial charge on any atom is 0.430 e. The van der Waals surface area contributed by atoms with Crippen LogP contribution in [-0.4, -0.2) is 41.5 Å². The maximum atomic E-state index is 14.3. The van der Waals surface area contributed by atoms with Gasteiger partial charge in [0.1, 0.15) is 5.76 Å². The minimum absolute atomic E-state index is 0.136. The molecule has 2 atom stereocenters. The van der Waals surface area contributed by atoms with E-state index in [1.165, 1.54) is 18.4 Å². The van der Waals surface area contributed by atoms with E-state index in [9.17, 15) is 18.0 Å². The van der Waals surface area contributed by atoms with Gasteiger partial charge in [0, 0.05) is 0 Å². The van der Waals surface area contributed by atoms with Crippen LogP contribution in [0.2, 0.25) is 39.3 Å². The molecule has 0 spiro atoms. The van der Waals surface area contributed by atoms with Gasteiger partial charge in [-0.05, 0) is 51.4 Å². The van der Waals surface area contributed by atoms with Crippen molar-refractivity contribution in [3.8, 4) is 0 Å². The summed E-state index contributed by atoms with van der Waals surface area (Å²) in [6, 6.07) is 2.77. The summed E-state index contributed by atoms with van der Waals surface area (Å²) in [5.74, 6) is -1.69. The Hall–Kier alpha value is -1.11. The fourth-order valence-corrected chi connectivity index (χ4v) is 4.56. The first kappa shape index (κ1) is 21.9. The molecule has 0 fully saturated rings. The molecule has 25 heavy (non-hydrogen) atoms. The van der Waals surface area contributed by atoms with Crippen LogP contribution in [0.15, 0.2) is 22.8 Å². The summed E-state index contributed by atoms with van der Waals surface area (Å²) in [6.45, 7) is 9.83. The highest BCUT2D eigenvalue weighted by molar-refractivity contribution is 6.70. The second-order valence-electron chi connectivity index (χ2n) is 7.57. The Kier molecular flexibility index (Phi) is 6.37. The molecule has 5 nitrogen and oxygen atoms in total. The monoisotopic (exact) mass is 398 g/mol. The molecule has 1 rings (SSSR count). The molecule has 1 aromatic heterocycles. The van der Waals surface area contributed by atoms with Crippen LogP contribution in [0.4, 0.5) is 13.2 Å². The first-order valence-corrected chi connectivity index (χ1v) is 14.5. The van der Waals surface area contributed by atoms with Gasteiger partial charge in [0.15, 0.2) is 22.7 Å². The van der Waals surface area contributed by atoms with Crippen molar-refractivity contribution >= 4 is 22.6 Å². The lowest BCUT2D eigenvalue weighted by Gasteiger charge is -2.43. The Balaban J connectivity index is 3.70. The zero-order chi connectivity index (χ0) is 19.7. The van der Waals surface area contributed by atoms with Gasteiger partial charge in [-0.3, -0.25) is 0 Å². The highest BCUT2D eigenvalue weighted by Gasteiger charge is 2.70. The summed E-state index contributed by atoms with van der Waals surface area (Å²) >= 11 is 0. The van der Waals surface area contributed by atoms with E-state index < -0.39 is 40.5 Å². The van der Waals surface area contributed by atoms with Crippen LogP contribution < -0.4 is 0 Å². The van der Waals surface area contributed by atoms with Gasteiger partial charge in [-0.1, -0.05) is 0 Å². The average molecular weight is 399 g/mol. The first-order chi connectivity index (χ1) is 11.1. The minimum atomic E-state index is -5.07. The number of halogens is 3. The molecule has 0 saturated carbocycles. The zero-order valence-corrected chi connectivity index (χ0v) is 17.5. The third kappa shape index (κ3) is 5.19. The number of ether oxygens (including phenoxy) is 1. The van der Waals surface area contributed by atoms with Crippen molar-refractivity contribution in [3.63, 3.8) is 0 Å². The van der Waals surface area contributed by atoms with Crippen LogP contribution in [0.5, 0.6) is 0 Å². The van der Waals surface area contributed by atoms with E-state index in [4.69, 9.17) is 13.3 Å². The molecular formula is C15H25F3O5Si2. The van der Waals surface area contributed by atoms with Crippen LogP contribution in [-0.2, 0) is 18.4 Å². The van der Waals surface area contributed by atoms with Crippen LogP contribution >= 0.6 is 0 Å². The number of esters is 1. The molecule has 0 amide bonds. The number of hydrogen-bond donors (Lipinski definition) is 0. The normalized spacial score (nSPS) is 17.0. The van der Waals surface area contributed by atoms with E-state index in [1.807, 2.05) is 0 Å². The van der Waals surface area contributed by atoms with Crippen molar-refractivity contribution in [2.45, 2.75) is 57.2 Å². The molecule has 1 aromatic rings. The number of carbonyl (C=O) groups is 1. The van der Waals surface area contributed by atoms with E-state index in [-0.39, 0.29) is 5.76 Å². The fraction of sp³-hybridized carbons (Fsp3) is 0.667. The van der Waals surface area contributed by atoms with E-state index in [0.29, 0.717) is 0 Å². The average Bonchev–Trinajstić information content (AvgIpc) is 2.91. The third-order valence-electron chi connectivity index (χ3n) is 3.02. The highest BCUT2D eigenvalue weighted by atomic mass is 28.4. The van der Waals surface area contributed by atoms with Crippen molar-refractivity contribution in [3.05, 3.63) is 24.2 Å². The number of alkyl halides is 3. The number of methoxy groups -OCH3 is 1. The lowest BCUT2D eigenvalue weighted by molar-refractivity contribution is -0.280. The molecule has 0 aliphatic carbocycles. The summed E-state index contributed by atoms with van der Waals surface area (Å²) in [7, 11) is -4.50. The van der Waals surface area contributed by atoms with Gasteiger partial charge in [-0.25, -0.2) is 4.79 Å². The summed E-state index contributed by atoms with van der Waals surface area (Å²) in [5.41, 5.74) is -3.30. The van der Waals surface area contributed by atoms with Gasteiger partial charge in [0.25, 0.3) is 5.60 Å². The molecule has 2 unspecified atom stereocenters. The van der Waals surface area contributed by atoms with Crippen LogP contribution in [0.25, 0.3) is 0 Å². The molecule has 0 bridgehead atoms. The molecule has 144 valence electrons. The zero-order valence-electron chi connectivity index (χ0n) is 15.5. The fourth-order valence-electron chi connectivity index (χ4n) is 2.29. The van der Waals surface area contributed by atoms with E-state index in [2.05, 4.69) is 4.74 Å². The van der Waals surface area contributed by atoms with Gasteiger partial charge in [0.05, 0.1) is 13.4 Å². The number of carbonyl (C=O) groups excluding carboxylic acids is 1. The predicted octanol–water partition coefficient (Wildman–Crippen LogP) is 4.50. The van der Waals surface area contributed by atoms with Crippen molar-refractivity contribution in [2.75, 3.05) is 7.11 Å². The van der Waals surface area contributed by atoms with Gasteiger partial charge < -0.3 is 18.0 Å². The Morgan fingerprint density at radius 2 is 1.68 bits per heavy atom. The lowest BCUT2D eigenvalue weighted by Crippen LogP contribution is -2.63. The topological polar surface area (TPSA) is 57.9 Å². The number of furan rings is 1. The molecule has 0 radical (unpaired) electrons. The molecule has 0 saturated heterocycles. The van der Waals surface area contributed by atoms with Crippen LogP contribution in [0.1, 0.15) is 11.9 Å². The smallest absolute Gasteiger partial charge is 0.430 e. The second kappa shape index (κ2) is 7.25. The van der Waals surface area contributed by atoms with E-state index in [1.54, 1.807) is 39.3 Å². The molecule has 0 N–H and O–H groups in total. The van der Waals surface area contributed by atoms with Crippen LogP contribution in [0, 0.1) is 0 Å². The van der Waals surface area contributed by atoms with Crippen molar-refractivity contribution < 1.29 is 36.0 Å². The quantitative estimate of drug-likeness (QED) is 0.500. The van der Waals surface area contributed by atoms with Gasteiger partial charge in [-0.2, -0.15) is 13.2 Å². The Bertz CT molecular complexity index is 575. The SMILES string of the molecule is COC(=O)C(O[Si](C)(C)C)(C(O[Si](C)(C)C)c1ccco1)C(F)(F)F. The second-order valence-corrected chi connectivity index (χ2v) is 16.5. The van der Waals surface area contributed by atoms with Crippen LogP contribution in [0.3, 0.4) is 0 Å². The summed E-state index contributed by atoms with van der Waals surface area (Å²) in [4.78, 5) is 12.4. The number of hydrogen-bond acceptors (Lipinski definition) is 5. The Morgan fingerprint density at radius 1 is 1.12 bits per heavy atom. The molecule has 0 aliphatic rings. The maximum absolute atomic E-state index is 14.3. The largest absolute Gasteiger partial charge is 0.467 e. The standard InChI is InChI=1S/C15H25F3O5Si2/c1-20-13(19)14(15(16,17)18,23-25(5,6)7)12(22-24(2,3)4)11-9-8-10-21-11/h8-10,12H,1-7H3. The summed E-state index contributed by atoms with van der Waals surface area (Å²) < 4.78 is 63.7. The van der Waals surface area contributed by atoms with Gasteiger partial charge >= 0.3 is 12.1 Å². The van der Waals surface area contributed by atoms with E-state index >= 15 is 0 Å². The predicted molar refractivity (Wildman–Crippen MR) is 91.1 cm³/mol.